The zero-order valence-corrected chi connectivity index (χ0v) is 11.7. The lowest BCUT2D eigenvalue weighted by molar-refractivity contribution is 0.0734. The van der Waals surface area contributed by atoms with Crippen LogP contribution in [0.25, 0.3) is 0 Å². The summed E-state index contributed by atoms with van der Waals surface area (Å²) in [5.74, 6) is -1.19. The molecule has 2 aromatic rings. The summed E-state index contributed by atoms with van der Waals surface area (Å²) in [6, 6.07) is 12.5. The Morgan fingerprint density at radius 1 is 1.25 bits per heavy atom. The largest absolute Gasteiger partial charge is 0.423 e. The van der Waals surface area contributed by atoms with Crippen molar-refractivity contribution in [3.05, 3.63) is 59.4 Å². The second-order valence-electron chi connectivity index (χ2n) is 3.97. The fraction of sp³-hybridized carbons (Fsp3) is 0.0667. The first-order valence-corrected chi connectivity index (χ1v) is 7.33. The number of benzene rings is 2. The van der Waals surface area contributed by atoms with Gasteiger partial charge >= 0.3 is 5.97 Å². The van der Waals surface area contributed by atoms with Crippen molar-refractivity contribution in [1.29, 1.82) is 5.26 Å². The second kappa shape index (κ2) is 6.13. The Labute approximate surface area is 118 Å². The maximum absolute atomic E-state index is 13.4. The molecule has 0 unspecified atom stereocenters. The van der Waals surface area contributed by atoms with E-state index in [0.717, 1.165) is 11.3 Å². The molecule has 0 N–H and O–H groups in total. The number of halogens is 1. The Kier molecular flexibility index (Phi) is 4.28. The minimum Gasteiger partial charge on any atom is -0.423 e. The fourth-order valence-electron chi connectivity index (χ4n) is 1.59. The van der Waals surface area contributed by atoms with Gasteiger partial charge in [-0.2, -0.15) is 5.26 Å². The molecule has 0 saturated heterocycles. The quantitative estimate of drug-likeness (QED) is 0.493. The standard InChI is InChI=1S/C15H10FNO2Si/c1-20-13-6-3-10(4-7-13)15(18)19-12-5-2-11(9-17)14(16)8-12/h2-8H,1H3. The molecule has 0 aliphatic heterocycles. The summed E-state index contributed by atoms with van der Waals surface area (Å²) in [6.07, 6.45) is 0. The zero-order chi connectivity index (χ0) is 14.5. The molecular weight excluding hydrogens is 273 g/mol. The summed E-state index contributed by atoms with van der Waals surface area (Å²) >= 11 is 0. The molecule has 0 amide bonds. The third-order valence-corrected chi connectivity index (χ3v) is 3.59. The predicted octanol–water partition coefficient (Wildman–Crippen LogP) is 2.29. The van der Waals surface area contributed by atoms with Gasteiger partial charge in [-0.3, -0.25) is 0 Å². The molecule has 2 rings (SSSR count). The van der Waals surface area contributed by atoms with Crippen LogP contribution in [0, 0.1) is 17.1 Å². The van der Waals surface area contributed by atoms with E-state index in [-0.39, 0.29) is 11.3 Å². The van der Waals surface area contributed by atoms with Crippen LogP contribution < -0.4 is 9.92 Å². The number of nitrogens with zero attached hydrogens (tertiary/aromatic N) is 1. The Balaban J connectivity index is 2.15. The van der Waals surface area contributed by atoms with Crippen molar-refractivity contribution < 1.29 is 13.9 Å². The van der Waals surface area contributed by atoms with Gasteiger partial charge in [-0.1, -0.05) is 23.9 Å². The monoisotopic (exact) mass is 283 g/mol. The first kappa shape index (κ1) is 14.0. The van der Waals surface area contributed by atoms with Crippen LogP contribution in [-0.4, -0.2) is 15.5 Å². The molecule has 0 aromatic heterocycles. The van der Waals surface area contributed by atoms with Crippen molar-refractivity contribution in [3.63, 3.8) is 0 Å². The number of rotatable bonds is 3. The van der Waals surface area contributed by atoms with E-state index in [4.69, 9.17) is 10.00 Å². The molecule has 2 radical (unpaired) electrons. The molecule has 0 bridgehead atoms. The Hall–Kier alpha value is -2.45. The van der Waals surface area contributed by atoms with E-state index in [1.54, 1.807) is 18.2 Å². The minimum absolute atomic E-state index is 0.0768. The lowest BCUT2D eigenvalue weighted by Gasteiger charge is -2.05. The van der Waals surface area contributed by atoms with Gasteiger partial charge in [0, 0.05) is 6.07 Å². The zero-order valence-electron chi connectivity index (χ0n) is 10.7. The van der Waals surface area contributed by atoms with Crippen LogP contribution in [0.5, 0.6) is 5.75 Å². The second-order valence-corrected chi connectivity index (χ2v) is 5.05. The maximum Gasteiger partial charge on any atom is 0.343 e. The normalized spacial score (nSPS) is 9.85. The lowest BCUT2D eigenvalue weighted by atomic mass is 10.2. The van der Waals surface area contributed by atoms with Gasteiger partial charge in [0.1, 0.15) is 17.6 Å². The summed E-state index contributed by atoms with van der Waals surface area (Å²) in [6.45, 7) is 2.05. The first-order valence-electron chi connectivity index (χ1n) is 5.83. The number of carbonyl (C=O) groups excluding carboxylic acids is 1. The van der Waals surface area contributed by atoms with Gasteiger partial charge in [-0.25, -0.2) is 9.18 Å². The van der Waals surface area contributed by atoms with Crippen molar-refractivity contribution in [1.82, 2.24) is 0 Å². The topological polar surface area (TPSA) is 50.1 Å². The lowest BCUT2D eigenvalue weighted by Crippen LogP contribution is -2.13. The highest BCUT2D eigenvalue weighted by atomic mass is 28.2. The van der Waals surface area contributed by atoms with E-state index in [9.17, 15) is 9.18 Å². The van der Waals surface area contributed by atoms with E-state index in [1.165, 1.54) is 12.1 Å². The molecular formula is C15H10FNO2Si. The minimum atomic E-state index is -0.708. The number of hydrogen-bond acceptors (Lipinski definition) is 3. The van der Waals surface area contributed by atoms with Crippen molar-refractivity contribution in [2.24, 2.45) is 0 Å². The van der Waals surface area contributed by atoms with Crippen LogP contribution in [0.4, 0.5) is 4.39 Å². The number of hydrogen-bond donors (Lipinski definition) is 0. The summed E-state index contributed by atoms with van der Waals surface area (Å²) in [5, 5.41) is 9.77. The number of esters is 1. The molecule has 5 heteroatoms. The van der Waals surface area contributed by atoms with E-state index in [0.29, 0.717) is 15.1 Å². The van der Waals surface area contributed by atoms with E-state index < -0.39 is 11.8 Å². The first-order chi connectivity index (χ1) is 9.63. The van der Waals surface area contributed by atoms with Crippen LogP contribution in [0.2, 0.25) is 6.55 Å². The van der Waals surface area contributed by atoms with E-state index >= 15 is 0 Å². The van der Waals surface area contributed by atoms with Crippen molar-refractivity contribution in [2.75, 3.05) is 0 Å². The Bertz CT molecular complexity index is 677. The van der Waals surface area contributed by atoms with E-state index in [1.807, 2.05) is 18.7 Å². The Morgan fingerprint density at radius 2 is 1.95 bits per heavy atom. The summed E-state index contributed by atoms with van der Waals surface area (Å²) in [5.41, 5.74) is 0.315. The highest BCUT2D eigenvalue weighted by Crippen LogP contribution is 2.17. The SMILES string of the molecule is C[Si]c1ccc(C(=O)Oc2ccc(C#N)c(F)c2)cc1. The molecule has 0 atom stereocenters. The summed E-state index contributed by atoms with van der Waals surface area (Å²) in [7, 11) is 0.658. The van der Waals surface area contributed by atoms with Gasteiger partial charge in [-0.15, -0.1) is 0 Å². The molecule has 3 nitrogen and oxygen atoms in total. The smallest absolute Gasteiger partial charge is 0.343 e. The molecule has 98 valence electrons. The van der Waals surface area contributed by atoms with Crippen LogP contribution in [0.3, 0.4) is 0 Å². The van der Waals surface area contributed by atoms with Gasteiger partial charge in [0.05, 0.1) is 20.6 Å². The molecule has 0 spiro atoms. The van der Waals surface area contributed by atoms with Crippen LogP contribution in [-0.2, 0) is 0 Å². The number of ether oxygens (including phenoxy) is 1. The van der Waals surface area contributed by atoms with Crippen molar-refractivity contribution in [3.8, 4) is 11.8 Å². The molecule has 0 fully saturated rings. The molecule has 0 saturated carbocycles. The average Bonchev–Trinajstić information content (AvgIpc) is 2.47. The van der Waals surface area contributed by atoms with Gasteiger partial charge in [0.2, 0.25) is 0 Å². The molecule has 20 heavy (non-hydrogen) atoms. The molecule has 2 aromatic carbocycles. The molecule has 0 heterocycles. The fourth-order valence-corrected chi connectivity index (χ4v) is 2.09. The van der Waals surface area contributed by atoms with Gasteiger partial charge < -0.3 is 4.74 Å². The predicted molar refractivity (Wildman–Crippen MR) is 73.8 cm³/mol. The summed E-state index contributed by atoms with van der Waals surface area (Å²) < 4.78 is 18.5. The maximum atomic E-state index is 13.4. The van der Waals surface area contributed by atoms with Gasteiger partial charge in [0.15, 0.2) is 0 Å². The third kappa shape index (κ3) is 3.11. The van der Waals surface area contributed by atoms with Crippen LogP contribution >= 0.6 is 0 Å². The van der Waals surface area contributed by atoms with Crippen LogP contribution in [0.1, 0.15) is 15.9 Å². The average molecular weight is 283 g/mol. The van der Waals surface area contributed by atoms with Crippen molar-refractivity contribution in [2.45, 2.75) is 6.55 Å². The summed E-state index contributed by atoms with van der Waals surface area (Å²) in [4.78, 5) is 11.9. The Morgan fingerprint density at radius 3 is 2.50 bits per heavy atom. The van der Waals surface area contributed by atoms with E-state index in [2.05, 4.69) is 0 Å². The van der Waals surface area contributed by atoms with Gasteiger partial charge in [0.25, 0.3) is 0 Å². The highest BCUT2D eigenvalue weighted by molar-refractivity contribution is 6.51. The third-order valence-electron chi connectivity index (χ3n) is 2.68. The molecule has 0 aliphatic rings. The number of carbonyl (C=O) groups is 1. The van der Waals surface area contributed by atoms with Crippen molar-refractivity contribution >= 4 is 20.7 Å². The highest BCUT2D eigenvalue weighted by Gasteiger charge is 2.10. The molecule has 0 aliphatic carbocycles. The number of nitriles is 1. The van der Waals surface area contributed by atoms with Gasteiger partial charge in [-0.05, 0) is 24.3 Å². The van der Waals surface area contributed by atoms with Crippen LogP contribution in [0.15, 0.2) is 42.5 Å².